The summed E-state index contributed by atoms with van der Waals surface area (Å²) >= 11 is 1.74. The van der Waals surface area contributed by atoms with Crippen LogP contribution in [-0.2, 0) is 0 Å². The van der Waals surface area contributed by atoms with Gasteiger partial charge in [0.1, 0.15) is 0 Å². The number of anilines is 1. The van der Waals surface area contributed by atoms with Crippen molar-refractivity contribution in [3.8, 4) is 0 Å². The van der Waals surface area contributed by atoms with Crippen molar-refractivity contribution in [2.45, 2.75) is 12.8 Å². The largest absolute Gasteiger partial charge is 0.348 e. The van der Waals surface area contributed by atoms with Crippen molar-refractivity contribution in [3.05, 3.63) is 11.6 Å². The van der Waals surface area contributed by atoms with E-state index >= 15 is 0 Å². The topological polar surface area (TPSA) is 16.1 Å². The Balaban J connectivity index is 2.12. The predicted octanol–water partition coefficient (Wildman–Crippen LogP) is 1.74. The van der Waals surface area contributed by atoms with Gasteiger partial charge in [0.2, 0.25) is 0 Å². The lowest BCUT2D eigenvalue weighted by molar-refractivity contribution is 0.949. The second-order valence-electron chi connectivity index (χ2n) is 2.51. The molecule has 0 aliphatic carbocycles. The third kappa shape index (κ3) is 1.01. The highest BCUT2D eigenvalue weighted by Gasteiger charge is 2.13. The first kappa shape index (κ1) is 6.16. The molecule has 0 spiro atoms. The number of rotatable bonds is 1. The summed E-state index contributed by atoms with van der Waals surface area (Å²) in [5.41, 5.74) is 0. The summed E-state index contributed by atoms with van der Waals surface area (Å²) in [6, 6.07) is 0. The quantitative estimate of drug-likeness (QED) is 0.612. The molecule has 0 saturated carbocycles. The summed E-state index contributed by atoms with van der Waals surface area (Å²) in [6.45, 7) is 2.40. The van der Waals surface area contributed by atoms with Gasteiger partial charge in [-0.2, -0.15) is 0 Å². The summed E-state index contributed by atoms with van der Waals surface area (Å²) < 4.78 is 0. The van der Waals surface area contributed by atoms with Crippen molar-refractivity contribution in [2.75, 3.05) is 18.0 Å². The summed E-state index contributed by atoms with van der Waals surface area (Å²) in [7, 11) is 0. The van der Waals surface area contributed by atoms with Crippen molar-refractivity contribution in [3.63, 3.8) is 0 Å². The van der Waals surface area contributed by atoms with Crippen LogP contribution in [-0.4, -0.2) is 18.1 Å². The second kappa shape index (κ2) is 2.58. The SMILES string of the molecule is c1csc(N2CCCC2)n1. The van der Waals surface area contributed by atoms with Gasteiger partial charge in [-0.3, -0.25) is 0 Å². The van der Waals surface area contributed by atoms with Gasteiger partial charge in [0, 0.05) is 24.7 Å². The van der Waals surface area contributed by atoms with Gasteiger partial charge in [-0.25, -0.2) is 4.98 Å². The standard InChI is InChI=1S/C7H10N2S/c1-2-5-9(4-1)7-8-3-6-10-7/h3,6H,1-2,4-5H2. The molecule has 0 unspecified atom stereocenters. The van der Waals surface area contributed by atoms with Gasteiger partial charge in [0.05, 0.1) is 0 Å². The van der Waals surface area contributed by atoms with Gasteiger partial charge in [0.25, 0.3) is 0 Å². The number of thiazole rings is 1. The molecule has 1 saturated heterocycles. The van der Waals surface area contributed by atoms with Gasteiger partial charge in [-0.05, 0) is 12.8 Å². The molecule has 0 aromatic carbocycles. The highest BCUT2D eigenvalue weighted by atomic mass is 32.1. The third-order valence-corrected chi connectivity index (χ3v) is 2.63. The van der Waals surface area contributed by atoms with E-state index in [0.717, 1.165) is 0 Å². The Bertz CT molecular complexity index is 189. The first-order valence-electron chi connectivity index (χ1n) is 3.61. The van der Waals surface area contributed by atoms with Gasteiger partial charge in [0.15, 0.2) is 5.13 Å². The zero-order chi connectivity index (χ0) is 6.81. The molecule has 1 aromatic rings. The average Bonchev–Trinajstić information content (AvgIpc) is 2.59. The molecular formula is C7H10N2S. The molecule has 2 heterocycles. The van der Waals surface area contributed by atoms with Gasteiger partial charge in [-0.1, -0.05) is 0 Å². The minimum Gasteiger partial charge on any atom is -0.348 e. The summed E-state index contributed by atoms with van der Waals surface area (Å²) in [5, 5.41) is 3.23. The van der Waals surface area contributed by atoms with Gasteiger partial charge in [-0.15, -0.1) is 11.3 Å². The first-order chi connectivity index (χ1) is 4.97. The van der Waals surface area contributed by atoms with Gasteiger partial charge < -0.3 is 4.90 Å². The molecule has 0 N–H and O–H groups in total. The molecule has 1 aliphatic rings. The molecule has 2 nitrogen and oxygen atoms in total. The van der Waals surface area contributed by atoms with Crippen LogP contribution < -0.4 is 4.90 Å². The Morgan fingerprint density at radius 1 is 1.40 bits per heavy atom. The Morgan fingerprint density at radius 3 is 2.80 bits per heavy atom. The Morgan fingerprint density at radius 2 is 2.20 bits per heavy atom. The fourth-order valence-electron chi connectivity index (χ4n) is 1.28. The lowest BCUT2D eigenvalue weighted by Crippen LogP contribution is -2.16. The summed E-state index contributed by atoms with van der Waals surface area (Å²) in [6.07, 6.45) is 4.54. The van der Waals surface area contributed by atoms with Crippen LogP contribution in [0.5, 0.6) is 0 Å². The van der Waals surface area contributed by atoms with Crippen molar-refractivity contribution >= 4 is 16.5 Å². The third-order valence-electron chi connectivity index (χ3n) is 1.80. The highest BCUT2D eigenvalue weighted by Crippen LogP contribution is 2.21. The molecule has 1 aromatic heterocycles. The monoisotopic (exact) mass is 154 g/mol. The zero-order valence-corrected chi connectivity index (χ0v) is 6.60. The number of hydrogen-bond acceptors (Lipinski definition) is 3. The Kier molecular flexibility index (Phi) is 1.59. The van der Waals surface area contributed by atoms with E-state index < -0.39 is 0 Å². The molecule has 0 bridgehead atoms. The van der Waals surface area contributed by atoms with Crippen LogP contribution in [0.2, 0.25) is 0 Å². The fraction of sp³-hybridized carbons (Fsp3) is 0.571. The maximum atomic E-state index is 4.24. The number of nitrogens with zero attached hydrogens (tertiary/aromatic N) is 2. The van der Waals surface area contributed by atoms with E-state index in [1.165, 1.54) is 31.1 Å². The summed E-state index contributed by atoms with van der Waals surface area (Å²) in [5.74, 6) is 0. The zero-order valence-electron chi connectivity index (χ0n) is 5.79. The van der Waals surface area contributed by atoms with E-state index in [9.17, 15) is 0 Å². The Hall–Kier alpha value is -0.570. The lowest BCUT2D eigenvalue weighted by atomic mass is 10.4. The number of aromatic nitrogens is 1. The maximum absolute atomic E-state index is 4.24. The van der Waals surface area contributed by atoms with Crippen LogP contribution in [0.3, 0.4) is 0 Å². The molecule has 2 rings (SSSR count). The molecular weight excluding hydrogens is 144 g/mol. The molecule has 1 aliphatic heterocycles. The molecule has 0 radical (unpaired) electrons. The van der Waals surface area contributed by atoms with Crippen molar-refractivity contribution in [1.29, 1.82) is 0 Å². The van der Waals surface area contributed by atoms with Crippen LogP contribution in [0.15, 0.2) is 11.6 Å². The van der Waals surface area contributed by atoms with Crippen molar-refractivity contribution < 1.29 is 0 Å². The van der Waals surface area contributed by atoms with E-state index in [0.29, 0.717) is 0 Å². The average molecular weight is 154 g/mol. The smallest absolute Gasteiger partial charge is 0.185 e. The first-order valence-corrected chi connectivity index (χ1v) is 4.49. The van der Waals surface area contributed by atoms with E-state index in [2.05, 4.69) is 9.88 Å². The highest BCUT2D eigenvalue weighted by molar-refractivity contribution is 7.13. The molecule has 0 amide bonds. The van der Waals surface area contributed by atoms with Crippen LogP contribution in [0.25, 0.3) is 0 Å². The van der Waals surface area contributed by atoms with Crippen molar-refractivity contribution in [1.82, 2.24) is 4.98 Å². The summed E-state index contributed by atoms with van der Waals surface area (Å²) in [4.78, 5) is 6.59. The van der Waals surface area contributed by atoms with E-state index in [4.69, 9.17) is 0 Å². The van der Waals surface area contributed by atoms with Crippen LogP contribution in [0.1, 0.15) is 12.8 Å². The predicted molar refractivity (Wildman–Crippen MR) is 43.6 cm³/mol. The van der Waals surface area contributed by atoms with Crippen LogP contribution in [0.4, 0.5) is 5.13 Å². The number of hydrogen-bond donors (Lipinski definition) is 0. The molecule has 10 heavy (non-hydrogen) atoms. The fourth-order valence-corrected chi connectivity index (χ4v) is 1.98. The maximum Gasteiger partial charge on any atom is 0.185 e. The van der Waals surface area contributed by atoms with Crippen molar-refractivity contribution in [2.24, 2.45) is 0 Å². The van der Waals surface area contributed by atoms with E-state index in [1.54, 1.807) is 11.3 Å². The normalized spacial score (nSPS) is 18.2. The van der Waals surface area contributed by atoms with Gasteiger partial charge >= 0.3 is 0 Å². The lowest BCUT2D eigenvalue weighted by Gasteiger charge is -2.11. The second-order valence-corrected chi connectivity index (χ2v) is 3.38. The molecule has 1 fully saturated rings. The van der Waals surface area contributed by atoms with Crippen LogP contribution >= 0.6 is 11.3 Å². The minimum atomic E-state index is 1.19. The minimum absolute atomic E-state index is 1.19. The molecule has 54 valence electrons. The van der Waals surface area contributed by atoms with Crippen LogP contribution in [0, 0.1) is 0 Å². The van der Waals surface area contributed by atoms with E-state index in [-0.39, 0.29) is 0 Å². The van der Waals surface area contributed by atoms with E-state index in [1.807, 2.05) is 11.6 Å². The molecule has 0 atom stereocenters. The molecule has 3 heteroatoms. The Labute approximate surface area is 64.5 Å².